The number of benzene rings is 1. The predicted octanol–water partition coefficient (Wildman–Crippen LogP) is 2.30. The Morgan fingerprint density at radius 3 is 3.12 bits per heavy atom. The van der Waals surface area contributed by atoms with Crippen LogP contribution in [0.3, 0.4) is 0 Å². The second kappa shape index (κ2) is 4.16. The zero-order chi connectivity index (χ0) is 11.8. The van der Waals surface area contributed by atoms with Crippen molar-refractivity contribution in [2.75, 3.05) is 0 Å². The van der Waals surface area contributed by atoms with Crippen LogP contribution in [0.1, 0.15) is 17.5 Å². The Balaban J connectivity index is 1.84. The molecule has 1 aromatic carbocycles. The monoisotopic (exact) mass is 250 g/mol. The van der Waals surface area contributed by atoms with Gasteiger partial charge in [0.1, 0.15) is 11.6 Å². The van der Waals surface area contributed by atoms with E-state index in [9.17, 15) is 9.50 Å². The van der Waals surface area contributed by atoms with Gasteiger partial charge in [0.15, 0.2) is 0 Å². The third-order valence-electron chi connectivity index (χ3n) is 2.87. The first-order valence-electron chi connectivity index (χ1n) is 5.36. The van der Waals surface area contributed by atoms with E-state index >= 15 is 0 Å². The predicted molar refractivity (Wildman–Crippen MR) is 63.3 cm³/mol. The Morgan fingerprint density at radius 1 is 1.47 bits per heavy atom. The minimum atomic E-state index is -0.629. The second-order valence-electron chi connectivity index (χ2n) is 4.02. The van der Waals surface area contributed by atoms with Crippen molar-refractivity contribution >= 4 is 11.8 Å². The van der Waals surface area contributed by atoms with E-state index in [1.807, 2.05) is 0 Å². The number of aromatic amines is 1. The van der Waals surface area contributed by atoms with E-state index in [-0.39, 0.29) is 11.1 Å². The van der Waals surface area contributed by atoms with Gasteiger partial charge in [-0.2, -0.15) is 0 Å². The number of imidazole rings is 1. The van der Waals surface area contributed by atoms with Gasteiger partial charge in [-0.15, -0.1) is 11.8 Å². The zero-order valence-electron chi connectivity index (χ0n) is 8.93. The van der Waals surface area contributed by atoms with Crippen molar-refractivity contribution < 1.29 is 9.50 Å². The van der Waals surface area contributed by atoms with Gasteiger partial charge >= 0.3 is 0 Å². The van der Waals surface area contributed by atoms with Crippen LogP contribution in [0.2, 0.25) is 0 Å². The number of rotatable bonds is 2. The molecule has 1 aromatic heterocycles. The normalized spacial score (nSPS) is 22.7. The van der Waals surface area contributed by atoms with E-state index in [1.165, 1.54) is 12.1 Å². The largest absolute Gasteiger partial charge is 0.387 e. The summed E-state index contributed by atoms with van der Waals surface area (Å²) in [6, 6.07) is 4.56. The summed E-state index contributed by atoms with van der Waals surface area (Å²) in [6.45, 7) is 0. The lowest BCUT2D eigenvalue weighted by Gasteiger charge is -2.12. The number of fused-ring (bicyclic) bond motifs is 1. The first-order valence-corrected chi connectivity index (χ1v) is 6.24. The maximum Gasteiger partial charge on any atom is 0.123 e. The summed E-state index contributed by atoms with van der Waals surface area (Å²) in [6.07, 6.45) is 3.47. The number of aromatic nitrogens is 2. The van der Waals surface area contributed by atoms with Crippen molar-refractivity contribution in [2.45, 2.75) is 22.7 Å². The molecule has 2 N–H and O–H groups in total. The van der Waals surface area contributed by atoms with E-state index < -0.39 is 6.10 Å². The van der Waals surface area contributed by atoms with Gasteiger partial charge in [0.05, 0.1) is 6.10 Å². The molecule has 0 spiro atoms. The Kier molecular flexibility index (Phi) is 2.64. The molecular formula is C12H11FN2OS. The third kappa shape index (κ3) is 1.96. The average Bonchev–Trinajstić information content (AvgIpc) is 2.91. The summed E-state index contributed by atoms with van der Waals surface area (Å²) in [4.78, 5) is 8.11. The number of aliphatic hydroxyl groups is 1. The molecule has 3 nitrogen and oxygen atoms in total. The van der Waals surface area contributed by atoms with Crippen molar-refractivity contribution in [3.8, 4) is 0 Å². The average molecular weight is 250 g/mol. The molecule has 1 aliphatic heterocycles. The van der Waals surface area contributed by atoms with Crippen LogP contribution in [0.25, 0.3) is 0 Å². The van der Waals surface area contributed by atoms with Crippen molar-refractivity contribution in [1.29, 1.82) is 0 Å². The summed E-state index contributed by atoms with van der Waals surface area (Å²) < 4.78 is 13.1. The van der Waals surface area contributed by atoms with Gasteiger partial charge in [-0.1, -0.05) is 0 Å². The van der Waals surface area contributed by atoms with Crippen LogP contribution < -0.4 is 0 Å². The van der Waals surface area contributed by atoms with Crippen LogP contribution in [0.15, 0.2) is 35.5 Å². The molecule has 0 fully saturated rings. The highest BCUT2D eigenvalue weighted by molar-refractivity contribution is 8.00. The standard InChI is InChI=1S/C12H11FN2OS/c13-7-1-2-9-8(5-7)12(16)10(17-9)6-11-14-3-4-15-11/h1-5,10,12,16H,6H2,(H,14,15)/t10-,12-/m0/s1. The number of hydrogen-bond donors (Lipinski definition) is 2. The summed E-state index contributed by atoms with van der Waals surface area (Å²) in [5.41, 5.74) is 0.687. The number of halogens is 1. The van der Waals surface area contributed by atoms with Crippen LogP contribution >= 0.6 is 11.8 Å². The number of hydrogen-bond acceptors (Lipinski definition) is 3. The van der Waals surface area contributed by atoms with Gasteiger partial charge in [-0.25, -0.2) is 9.37 Å². The molecule has 5 heteroatoms. The smallest absolute Gasteiger partial charge is 0.123 e. The minimum Gasteiger partial charge on any atom is -0.387 e. The fraction of sp³-hybridized carbons (Fsp3) is 0.250. The molecule has 0 amide bonds. The Bertz CT molecular complexity index is 529. The van der Waals surface area contributed by atoms with Crippen LogP contribution in [-0.2, 0) is 6.42 Å². The maximum absolute atomic E-state index is 13.1. The second-order valence-corrected chi connectivity index (χ2v) is 5.30. The molecule has 3 rings (SSSR count). The first kappa shape index (κ1) is 10.8. The molecule has 2 aromatic rings. The number of aliphatic hydroxyl groups excluding tert-OH is 1. The zero-order valence-corrected chi connectivity index (χ0v) is 9.75. The van der Waals surface area contributed by atoms with Crippen molar-refractivity contribution in [3.63, 3.8) is 0 Å². The Labute approximate surface area is 102 Å². The van der Waals surface area contributed by atoms with Crippen LogP contribution in [-0.4, -0.2) is 20.3 Å². The third-order valence-corrected chi connectivity index (χ3v) is 4.22. The number of nitrogens with zero attached hydrogens (tertiary/aromatic N) is 1. The highest BCUT2D eigenvalue weighted by atomic mass is 32.2. The van der Waals surface area contributed by atoms with E-state index in [1.54, 1.807) is 30.2 Å². The summed E-state index contributed by atoms with van der Waals surface area (Å²) in [5.74, 6) is 0.539. The lowest BCUT2D eigenvalue weighted by Crippen LogP contribution is -2.13. The van der Waals surface area contributed by atoms with Gasteiger partial charge in [-0.05, 0) is 23.8 Å². The summed E-state index contributed by atoms with van der Waals surface area (Å²) >= 11 is 1.57. The molecule has 0 radical (unpaired) electrons. The molecule has 2 atom stereocenters. The highest BCUT2D eigenvalue weighted by Crippen LogP contribution is 2.45. The Morgan fingerprint density at radius 2 is 2.35 bits per heavy atom. The molecule has 0 saturated heterocycles. The number of nitrogens with one attached hydrogen (secondary N) is 1. The molecule has 1 aliphatic rings. The van der Waals surface area contributed by atoms with Crippen LogP contribution in [0.4, 0.5) is 4.39 Å². The van der Waals surface area contributed by atoms with Gasteiger partial charge in [-0.3, -0.25) is 0 Å². The van der Waals surface area contributed by atoms with Gasteiger partial charge in [0.2, 0.25) is 0 Å². The highest BCUT2D eigenvalue weighted by Gasteiger charge is 2.32. The fourth-order valence-corrected chi connectivity index (χ4v) is 3.34. The van der Waals surface area contributed by atoms with E-state index in [0.717, 1.165) is 10.7 Å². The molecule has 2 heterocycles. The topological polar surface area (TPSA) is 48.9 Å². The molecule has 88 valence electrons. The van der Waals surface area contributed by atoms with Gasteiger partial charge < -0.3 is 10.1 Å². The lowest BCUT2D eigenvalue weighted by molar-refractivity contribution is 0.175. The SMILES string of the molecule is O[C@H]1c2cc(F)ccc2S[C@H]1Cc1ncc[nH]1. The minimum absolute atomic E-state index is 0.00190. The maximum atomic E-state index is 13.1. The molecule has 0 bridgehead atoms. The van der Waals surface area contributed by atoms with Crippen LogP contribution in [0.5, 0.6) is 0 Å². The van der Waals surface area contributed by atoms with Gasteiger partial charge in [0.25, 0.3) is 0 Å². The number of H-pyrrole nitrogens is 1. The fourth-order valence-electron chi connectivity index (χ4n) is 2.04. The molecule has 0 saturated carbocycles. The van der Waals surface area contributed by atoms with E-state index in [2.05, 4.69) is 9.97 Å². The number of thioether (sulfide) groups is 1. The van der Waals surface area contributed by atoms with Gasteiger partial charge in [0, 0.05) is 29.0 Å². The quantitative estimate of drug-likeness (QED) is 0.859. The summed E-state index contributed by atoms with van der Waals surface area (Å²) in [7, 11) is 0. The van der Waals surface area contributed by atoms with Crippen molar-refractivity contribution in [3.05, 3.63) is 47.8 Å². The molecule has 0 unspecified atom stereocenters. The Hall–Kier alpha value is -1.33. The van der Waals surface area contributed by atoms with E-state index in [0.29, 0.717) is 12.0 Å². The molecular weight excluding hydrogens is 239 g/mol. The van der Waals surface area contributed by atoms with Crippen LogP contribution in [0, 0.1) is 5.82 Å². The summed E-state index contributed by atoms with van der Waals surface area (Å²) in [5, 5.41) is 10.1. The van der Waals surface area contributed by atoms with E-state index in [4.69, 9.17) is 0 Å². The molecule has 0 aliphatic carbocycles. The first-order chi connectivity index (χ1) is 8.24. The lowest BCUT2D eigenvalue weighted by atomic mass is 10.0. The van der Waals surface area contributed by atoms with Crippen molar-refractivity contribution in [2.24, 2.45) is 0 Å². The molecule has 17 heavy (non-hydrogen) atoms. The van der Waals surface area contributed by atoms with Crippen molar-refractivity contribution in [1.82, 2.24) is 9.97 Å².